The number of hydrogen-bond donors (Lipinski definition) is 1. The Bertz CT molecular complexity index is 593. The molecule has 0 radical (unpaired) electrons. The normalized spacial score (nSPS) is 9.89. The van der Waals surface area contributed by atoms with E-state index in [9.17, 15) is 9.59 Å². The SMILES string of the molecule is NC(=O)c1ccccc1C(=O)OCc1ccccc1. The smallest absolute Gasteiger partial charge is 0.339 e. The number of benzene rings is 2. The minimum Gasteiger partial charge on any atom is -0.457 e. The van der Waals surface area contributed by atoms with Crippen LogP contribution in [-0.2, 0) is 11.3 Å². The van der Waals surface area contributed by atoms with Gasteiger partial charge in [0.05, 0.1) is 11.1 Å². The summed E-state index contributed by atoms with van der Waals surface area (Å²) < 4.78 is 5.16. The predicted molar refractivity (Wildman–Crippen MR) is 70.5 cm³/mol. The van der Waals surface area contributed by atoms with Crippen LogP contribution in [0.2, 0.25) is 0 Å². The number of amides is 1. The third-order valence-corrected chi connectivity index (χ3v) is 2.63. The van der Waals surface area contributed by atoms with Gasteiger partial charge in [-0.2, -0.15) is 0 Å². The summed E-state index contributed by atoms with van der Waals surface area (Å²) in [5.41, 5.74) is 6.45. The van der Waals surface area contributed by atoms with Crippen LogP contribution in [0.4, 0.5) is 0 Å². The van der Waals surface area contributed by atoms with Crippen LogP contribution in [0.1, 0.15) is 26.3 Å². The van der Waals surface area contributed by atoms with Crippen molar-refractivity contribution in [3.05, 3.63) is 71.3 Å². The second kappa shape index (κ2) is 5.82. The molecule has 0 unspecified atom stereocenters. The molecule has 0 spiro atoms. The molecule has 96 valence electrons. The van der Waals surface area contributed by atoms with Crippen LogP contribution < -0.4 is 5.73 Å². The average Bonchev–Trinajstić information content (AvgIpc) is 2.46. The molecule has 0 aliphatic rings. The van der Waals surface area contributed by atoms with Crippen LogP contribution in [0, 0.1) is 0 Å². The Labute approximate surface area is 110 Å². The first-order valence-corrected chi connectivity index (χ1v) is 5.78. The van der Waals surface area contributed by atoms with Crippen LogP contribution >= 0.6 is 0 Å². The summed E-state index contributed by atoms with van der Waals surface area (Å²) in [6, 6.07) is 15.6. The first kappa shape index (κ1) is 12.8. The van der Waals surface area contributed by atoms with Crippen molar-refractivity contribution in [2.24, 2.45) is 5.73 Å². The Hall–Kier alpha value is -2.62. The van der Waals surface area contributed by atoms with Gasteiger partial charge >= 0.3 is 5.97 Å². The molecule has 0 atom stereocenters. The summed E-state index contributed by atoms with van der Waals surface area (Å²) in [5.74, 6) is -1.20. The Morgan fingerprint density at radius 3 is 2.11 bits per heavy atom. The lowest BCUT2D eigenvalue weighted by Crippen LogP contribution is -2.17. The van der Waals surface area contributed by atoms with Crippen molar-refractivity contribution in [3.8, 4) is 0 Å². The zero-order valence-corrected chi connectivity index (χ0v) is 10.2. The largest absolute Gasteiger partial charge is 0.457 e. The summed E-state index contributed by atoms with van der Waals surface area (Å²) in [6.45, 7) is 0.159. The second-order valence-corrected chi connectivity index (χ2v) is 3.97. The van der Waals surface area contributed by atoms with Crippen molar-refractivity contribution in [2.45, 2.75) is 6.61 Å². The Balaban J connectivity index is 2.10. The number of carbonyl (C=O) groups is 2. The van der Waals surface area contributed by atoms with E-state index in [1.165, 1.54) is 12.1 Å². The highest BCUT2D eigenvalue weighted by Gasteiger charge is 2.15. The highest BCUT2D eigenvalue weighted by molar-refractivity contribution is 6.04. The lowest BCUT2D eigenvalue weighted by atomic mass is 10.1. The van der Waals surface area contributed by atoms with Crippen LogP contribution in [0.3, 0.4) is 0 Å². The van der Waals surface area contributed by atoms with E-state index >= 15 is 0 Å². The Kier molecular flexibility index (Phi) is 3.93. The average molecular weight is 255 g/mol. The third kappa shape index (κ3) is 3.19. The first-order chi connectivity index (χ1) is 9.18. The standard InChI is InChI=1S/C15H13NO3/c16-14(17)12-8-4-5-9-13(12)15(18)19-10-11-6-2-1-3-7-11/h1-9H,10H2,(H2,16,17). The van der Waals surface area contributed by atoms with Crippen LogP contribution in [-0.4, -0.2) is 11.9 Å². The van der Waals surface area contributed by atoms with Gasteiger partial charge in [-0.1, -0.05) is 42.5 Å². The van der Waals surface area contributed by atoms with Gasteiger partial charge < -0.3 is 10.5 Å². The molecular formula is C15H13NO3. The number of nitrogens with two attached hydrogens (primary N) is 1. The molecule has 4 heteroatoms. The summed E-state index contributed by atoms with van der Waals surface area (Å²) in [4.78, 5) is 23.1. The quantitative estimate of drug-likeness (QED) is 0.851. The lowest BCUT2D eigenvalue weighted by molar-refractivity contribution is 0.0470. The molecule has 1 amide bonds. The molecule has 0 saturated heterocycles. The van der Waals surface area contributed by atoms with Crippen LogP contribution in [0.15, 0.2) is 54.6 Å². The topological polar surface area (TPSA) is 69.4 Å². The van der Waals surface area contributed by atoms with Crippen LogP contribution in [0.25, 0.3) is 0 Å². The fourth-order valence-corrected chi connectivity index (χ4v) is 1.68. The molecule has 0 bridgehead atoms. The number of rotatable bonds is 4. The zero-order valence-electron chi connectivity index (χ0n) is 10.2. The van der Waals surface area contributed by atoms with Gasteiger partial charge in [-0.05, 0) is 17.7 Å². The van der Waals surface area contributed by atoms with Crippen molar-refractivity contribution in [1.29, 1.82) is 0 Å². The molecule has 2 N–H and O–H groups in total. The van der Waals surface area contributed by atoms with E-state index in [2.05, 4.69) is 0 Å². The van der Waals surface area contributed by atoms with Gasteiger partial charge in [0.25, 0.3) is 0 Å². The predicted octanol–water partition coefficient (Wildman–Crippen LogP) is 2.14. The zero-order chi connectivity index (χ0) is 13.7. The van der Waals surface area contributed by atoms with E-state index in [4.69, 9.17) is 10.5 Å². The fourth-order valence-electron chi connectivity index (χ4n) is 1.68. The molecular weight excluding hydrogens is 242 g/mol. The van der Waals surface area contributed by atoms with Gasteiger partial charge in [0.15, 0.2) is 0 Å². The summed E-state index contributed by atoms with van der Waals surface area (Å²) >= 11 is 0. The molecule has 0 aliphatic heterocycles. The maximum atomic E-state index is 11.9. The fraction of sp³-hybridized carbons (Fsp3) is 0.0667. The number of ether oxygens (including phenoxy) is 1. The third-order valence-electron chi connectivity index (χ3n) is 2.63. The maximum absolute atomic E-state index is 11.9. The van der Waals surface area contributed by atoms with Gasteiger partial charge in [0.2, 0.25) is 5.91 Å². The van der Waals surface area contributed by atoms with Crippen molar-refractivity contribution in [2.75, 3.05) is 0 Å². The van der Waals surface area contributed by atoms with E-state index in [0.717, 1.165) is 5.56 Å². The molecule has 0 aliphatic carbocycles. The second-order valence-electron chi connectivity index (χ2n) is 3.97. The molecule has 2 aromatic carbocycles. The van der Waals surface area contributed by atoms with E-state index < -0.39 is 11.9 Å². The van der Waals surface area contributed by atoms with Gasteiger partial charge in [0.1, 0.15) is 6.61 Å². The van der Waals surface area contributed by atoms with Gasteiger partial charge in [-0.25, -0.2) is 4.79 Å². The maximum Gasteiger partial charge on any atom is 0.339 e. The molecule has 2 rings (SSSR count). The van der Waals surface area contributed by atoms with Gasteiger partial charge in [0, 0.05) is 0 Å². The van der Waals surface area contributed by atoms with E-state index in [0.29, 0.717) is 0 Å². The highest BCUT2D eigenvalue weighted by Crippen LogP contribution is 2.11. The molecule has 0 saturated carbocycles. The molecule has 0 fully saturated rings. The van der Waals surface area contributed by atoms with Crippen molar-refractivity contribution >= 4 is 11.9 Å². The highest BCUT2D eigenvalue weighted by atomic mass is 16.5. The summed E-state index contributed by atoms with van der Waals surface area (Å²) in [7, 11) is 0. The Morgan fingerprint density at radius 2 is 1.47 bits per heavy atom. The molecule has 0 aromatic heterocycles. The number of primary amides is 1. The lowest BCUT2D eigenvalue weighted by Gasteiger charge is -2.07. The van der Waals surface area contributed by atoms with E-state index in [1.807, 2.05) is 30.3 Å². The van der Waals surface area contributed by atoms with Crippen molar-refractivity contribution in [3.63, 3.8) is 0 Å². The molecule has 2 aromatic rings. The van der Waals surface area contributed by atoms with Gasteiger partial charge in [-0.15, -0.1) is 0 Å². The van der Waals surface area contributed by atoms with Crippen LogP contribution in [0.5, 0.6) is 0 Å². The Morgan fingerprint density at radius 1 is 0.895 bits per heavy atom. The number of esters is 1. The molecule has 0 heterocycles. The van der Waals surface area contributed by atoms with E-state index in [1.54, 1.807) is 12.1 Å². The number of hydrogen-bond acceptors (Lipinski definition) is 3. The molecule has 19 heavy (non-hydrogen) atoms. The summed E-state index contributed by atoms with van der Waals surface area (Å²) in [5, 5.41) is 0. The number of carbonyl (C=O) groups excluding carboxylic acids is 2. The molecule has 4 nitrogen and oxygen atoms in total. The minimum absolute atomic E-state index is 0.159. The first-order valence-electron chi connectivity index (χ1n) is 5.78. The minimum atomic E-state index is -0.646. The van der Waals surface area contributed by atoms with Crippen molar-refractivity contribution in [1.82, 2.24) is 0 Å². The van der Waals surface area contributed by atoms with Gasteiger partial charge in [-0.3, -0.25) is 4.79 Å². The monoisotopic (exact) mass is 255 g/mol. The van der Waals surface area contributed by atoms with Crippen molar-refractivity contribution < 1.29 is 14.3 Å². The van der Waals surface area contributed by atoms with E-state index in [-0.39, 0.29) is 17.7 Å². The summed E-state index contributed by atoms with van der Waals surface area (Å²) in [6.07, 6.45) is 0.